The summed E-state index contributed by atoms with van der Waals surface area (Å²) in [6.07, 6.45) is -1.16. The second-order valence-corrected chi connectivity index (χ2v) is 7.97. The Morgan fingerprint density at radius 3 is 2.48 bits per heavy atom. The van der Waals surface area contributed by atoms with Crippen molar-refractivity contribution < 1.29 is 35.2 Å². The molecular weight excluding hydrogens is 423 g/mol. The number of hydrogen-bond acceptors (Lipinski definition) is 4. The monoisotopic (exact) mass is 440 g/mol. The van der Waals surface area contributed by atoms with Gasteiger partial charge in [0.05, 0.1) is 6.04 Å². The Hall–Kier alpha value is -2.54. The van der Waals surface area contributed by atoms with E-state index >= 15 is 0 Å². The lowest BCUT2D eigenvalue weighted by Crippen LogP contribution is -2.43. The molecule has 0 fully saturated rings. The molecule has 1 atom stereocenters. The van der Waals surface area contributed by atoms with Gasteiger partial charge in [-0.15, -0.1) is 0 Å². The molecule has 0 radical (unpaired) electrons. The third kappa shape index (κ3) is 5.09. The van der Waals surface area contributed by atoms with Crippen LogP contribution in [0.15, 0.2) is 29.4 Å². The number of carbonyl (C=O) groups is 1. The van der Waals surface area contributed by atoms with E-state index in [4.69, 9.17) is 0 Å². The molecule has 2 N–H and O–H groups in total. The van der Waals surface area contributed by atoms with Crippen LogP contribution >= 0.6 is 0 Å². The molecule has 0 saturated heterocycles. The molecule has 1 amide bonds. The van der Waals surface area contributed by atoms with Crippen LogP contribution in [0.5, 0.6) is 0 Å². The van der Waals surface area contributed by atoms with Crippen molar-refractivity contribution in [1.29, 1.82) is 0 Å². The first-order chi connectivity index (χ1) is 13.2. The summed E-state index contributed by atoms with van der Waals surface area (Å²) in [4.78, 5) is 14.7. The molecule has 29 heavy (non-hydrogen) atoms. The minimum atomic E-state index is -4.71. The number of amides is 1. The molecule has 13 heteroatoms. The van der Waals surface area contributed by atoms with E-state index in [-0.39, 0.29) is 5.69 Å². The molecule has 0 aliphatic rings. The summed E-state index contributed by atoms with van der Waals surface area (Å²) in [5.74, 6) is -6.03. The molecule has 2 aromatic rings. The van der Waals surface area contributed by atoms with Gasteiger partial charge in [0.25, 0.3) is 18.3 Å². The summed E-state index contributed by atoms with van der Waals surface area (Å²) in [5.41, 5.74) is -1.49. The first-order valence-corrected chi connectivity index (χ1v) is 9.52. The summed E-state index contributed by atoms with van der Waals surface area (Å²) in [6, 6.07) is 0.205. The second kappa shape index (κ2) is 8.06. The van der Waals surface area contributed by atoms with E-state index in [2.05, 4.69) is 10.3 Å². The van der Waals surface area contributed by atoms with Gasteiger partial charge in [-0.25, -0.2) is 35.1 Å². The molecule has 2 aromatic heterocycles. The van der Waals surface area contributed by atoms with Gasteiger partial charge in [0.1, 0.15) is 16.3 Å². The standard InChI is InChI=1S/C16H17F5N4O3S/c1-8(16(2,20)21)24-29(27,28)11-7-25(3)13(12(11)17)15(26)23-9-4-5-22-10(6-9)14(18)19/h4-8,14,24H,1-3H3,(H,22,23,26)/t8-/m1/s1. The highest BCUT2D eigenvalue weighted by atomic mass is 32.2. The zero-order chi connectivity index (χ0) is 22.1. The topological polar surface area (TPSA) is 93.1 Å². The van der Waals surface area contributed by atoms with Gasteiger partial charge in [-0.1, -0.05) is 0 Å². The number of rotatable bonds is 7. The van der Waals surface area contributed by atoms with Gasteiger partial charge in [-0.2, -0.15) is 0 Å². The number of nitrogens with zero attached hydrogens (tertiary/aromatic N) is 2. The summed E-state index contributed by atoms with van der Waals surface area (Å²) >= 11 is 0. The van der Waals surface area contributed by atoms with Crippen molar-refractivity contribution in [2.75, 3.05) is 5.32 Å². The SMILES string of the molecule is C[C@@H](NS(=O)(=O)c1cn(C)c(C(=O)Nc2ccnc(C(F)F)c2)c1F)C(C)(F)F. The molecule has 2 heterocycles. The van der Waals surface area contributed by atoms with E-state index in [9.17, 15) is 35.2 Å². The quantitative estimate of drug-likeness (QED) is 0.648. The van der Waals surface area contributed by atoms with E-state index in [0.717, 1.165) is 37.0 Å². The number of hydrogen-bond donors (Lipinski definition) is 2. The number of anilines is 1. The third-order valence-electron chi connectivity index (χ3n) is 3.95. The molecule has 0 unspecified atom stereocenters. The molecule has 0 spiro atoms. The van der Waals surface area contributed by atoms with Crippen LogP contribution in [0.2, 0.25) is 0 Å². The van der Waals surface area contributed by atoms with Crippen molar-refractivity contribution in [3.8, 4) is 0 Å². The summed E-state index contributed by atoms with van der Waals surface area (Å²) in [5, 5.41) is 2.16. The number of nitrogens with one attached hydrogen (secondary N) is 2. The number of aryl methyl sites for hydroxylation is 1. The minimum absolute atomic E-state index is 0.123. The highest BCUT2D eigenvalue weighted by Gasteiger charge is 2.36. The average Bonchev–Trinajstić information content (AvgIpc) is 2.89. The van der Waals surface area contributed by atoms with Crippen molar-refractivity contribution in [1.82, 2.24) is 14.3 Å². The Kier molecular flexibility index (Phi) is 6.33. The number of pyridine rings is 1. The van der Waals surface area contributed by atoms with Crippen LogP contribution in [-0.4, -0.2) is 35.8 Å². The van der Waals surface area contributed by atoms with Crippen molar-refractivity contribution in [2.45, 2.75) is 37.1 Å². The van der Waals surface area contributed by atoms with Crippen LogP contribution in [0.4, 0.5) is 27.6 Å². The maximum atomic E-state index is 14.7. The number of aromatic nitrogens is 2. The van der Waals surface area contributed by atoms with Crippen molar-refractivity contribution in [3.05, 3.63) is 41.7 Å². The maximum Gasteiger partial charge on any atom is 0.280 e. The van der Waals surface area contributed by atoms with E-state index in [1.807, 2.05) is 0 Å². The molecular formula is C16H17F5N4O3S. The van der Waals surface area contributed by atoms with Gasteiger partial charge in [-0.3, -0.25) is 9.78 Å². The average molecular weight is 440 g/mol. The molecule has 0 aromatic carbocycles. The summed E-state index contributed by atoms with van der Waals surface area (Å²) in [7, 11) is -3.56. The van der Waals surface area contributed by atoms with Crippen LogP contribution in [-0.2, 0) is 17.1 Å². The van der Waals surface area contributed by atoms with E-state index in [1.54, 1.807) is 4.72 Å². The van der Waals surface area contributed by atoms with Gasteiger partial charge < -0.3 is 9.88 Å². The van der Waals surface area contributed by atoms with E-state index < -0.39 is 56.4 Å². The molecule has 0 saturated carbocycles. The summed E-state index contributed by atoms with van der Waals surface area (Å²) in [6.45, 7) is 1.39. The van der Waals surface area contributed by atoms with Gasteiger partial charge in [0.15, 0.2) is 5.82 Å². The highest BCUT2D eigenvalue weighted by molar-refractivity contribution is 7.89. The fourth-order valence-corrected chi connectivity index (χ4v) is 3.68. The van der Waals surface area contributed by atoms with Crippen LogP contribution in [0.1, 0.15) is 36.5 Å². The predicted octanol–water partition coefficient (Wildman–Crippen LogP) is 3.07. The van der Waals surface area contributed by atoms with Crippen molar-refractivity contribution in [3.63, 3.8) is 0 Å². The second-order valence-electron chi connectivity index (χ2n) is 6.29. The number of carbonyl (C=O) groups excluding carboxylic acids is 1. The fourth-order valence-electron chi connectivity index (χ4n) is 2.25. The Morgan fingerprint density at radius 1 is 1.31 bits per heavy atom. The molecule has 0 aliphatic carbocycles. The van der Waals surface area contributed by atoms with Crippen LogP contribution in [0.25, 0.3) is 0 Å². The van der Waals surface area contributed by atoms with Gasteiger partial charge >= 0.3 is 0 Å². The molecule has 0 bridgehead atoms. The molecule has 2 rings (SSSR count). The lowest BCUT2D eigenvalue weighted by atomic mass is 10.2. The smallest absolute Gasteiger partial charge is 0.280 e. The minimum Gasteiger partial charge on any atom is -0.343 e. The lowest BCUT2D eigenvalue weighted by Gasteiger charge is -2.20. The normalized spacial score (nSPS) is 13.6. The zero-order valence-electron chi connectivity index (χ0n) is 15.4. The summed E-state index contributed by atoms with van der Waals surface area (Å²) < 4.78 is 93.6. The van der Waals surface area contributed by atoms with E-state index in [1.165, 1.54) is 6.07 Å². The number of sulfonamides is 1. The van der Waals surface area contributed by atoms with Crippen molar-refractivity contribution in [2.24, 2.45) is 7.05 Å². The number of halogens is 5. The van der Waals surface area contributed by atoms with Crippen LogP contribution in [0.3, 0.4) is 0 Å². The third-order valence-corrected chi connectivity index (χ3v) is 5.47. The maximum absolute atomic E-state index is 14.7. The number of alkyl halides is 4. The first kappa shape index (κ1) is 22.7. The Morgan fingerprint density at radius 2 is 1.93 bits per heavy atom. The Labute approximate surface area is 163 Å². The zero-order valence-corrected chi connectivity index (χ0v) is 16.2. The predicted molar refractivity (Wildman–Crippen MR) is 92.9 cm³/mol. The molecule has 0 aliphatic heterocycles. The Balaban J connectivity index is 2.33. The van der Waals surface area contributed by atoms with Crippen LogP contribution in [0, 0.1) is 5.82 Å². The lowest BCUT2D eigenvalue weighted by molar-refractivity contribution is -0.00490. The Bertz CT molecular complexity index is 1020. The molecule has 160 valence electrons. The first-order valence-electron chi connectivity index (χ1n) is 8.04. The van der Waals surface area contributed by atoms with Gasteiger partial charge in [-0.05, 0) is 19.1 Å². The molecule has 7 nitrogen and oxygen atoms in total. The highest BCUT2D eigenvalue weighted by Crippen LogP contribution is 2.25. The fraction of sp³-hybridized carbons (Fsp3) is 0.375. The van der Waals surface area contributed by atoms with Gasteiger partial charge in [0, 0.05) is 32.1 Å². The van der Waals surface area contributed by atoms with E-state index in [0.29, 0.717) is 6.92 Å². The van der Waals surface area contributed by atoms with Crippen LogP contribution < -0.4 is 10.0 Å². The largest absolute Gasteiger partial charge is 0.343 e. The van der Waals surface area contributed by atoms with Gasteiger partial charge in [0.2, 0.25) is 10.0 Å². The van der Waals surface area contributed by atoms with Crippen molar-refractivity contribution >= 4 is 21.6 Å².